The first-order valence-electron chi connectivity index (χ1n) is 11.2. The Hall–Kier alpha value is -3.72. The number of benzene rings is 1. The molecule has 34 heavy (non-hydrogen) atoms. The molecule has 1 atom stereocenters. The van der Waals surface area contributed by atoms with Gasteiger partial charge in [-0.15, -0.1) is 0 Å². The van der Waals surface area contributed by atoms with Crippen molar-refractivity contribution in [2.45, 2.75) is 31.4 Å². The van der Waals surface area contributed by atoms with Gasteiger partial charge in [-0.05, 0) is 49.1 Å². The molecule has 1 saturated carbocycles. The highest BCUT2D eigenvalue weighted by molar-refractivity contribution is 5.95. The molecule has 0 radical (unpaired) electrons. The highest BCUT2D eigenvalue weighted by Gasteiger charge is 2.26. The Morgan fingerprint density at radius 3 is 2.74 bits per heavy atom. The van der Waals surface area contributed by atoms with Crippen LogP contribution in [0.1, 0.15) is 42.7 Å². The third-order valence-corrected chi connectivity index (χ3v) is 6.35. The largest absolute Gasteiger partial charge is 0.369 e. The van der Waals surface area contributed by atoms with E-state index in [2.05, 4.69) is 10.2 Å². The molecular weight excluding hydrogens is 440 g/mol. The lowest BCUT2D eigenvalue weighted by Gasteiger charge is -2.22. The van der Waals surface area contributed by atoms with Crippen molar-refractivity contribution in [2.24, 2.45) is 7.05 Å². The minimum atomic E-state index is -0.752. The first-order valence-corrected chi connectivity index (χ1v) is 11.2. The molecule has 0 bridgehead atoms. The zero-order valence-corrected chi connectivity index (χ0v) is 18.4. The van der Waals surface area contributed by atoms with E-state index in [1.165, 1.54) is 23.0 Å². The van der Waals surface area contributed by atoms with Crippen molar-refractivity contribution in [3.8, 4) is 11.3 Å². The fraction of sp³-hybridized carbons (Fsp3) is 0.280. The van der Waals surface area contributed by atoms with Crippen LogP contribution in [0, 0.1) is 11.6 Å². The van der Waals surface area contributed by atoms with Crippen LogP contribution >= 0.6 is 0 Å². The van der Waals surface area contributed by atoms with Crippen LogP contribution in [-0.4, -0.2) is 31.2 Å². The predicted octanol–water partition coefficient (Wildman–Crippen LogP) is 4.35. The van der Waals surface area contributed by atoms with Gasteiger partial charge in [0, 0.05) is 35.8 Å². The van der Waals surface area contributed by atoms with Gasteiger partial charge in [0.2, 0.25) is 0 Å². The Morgan fingerprint density at radius 1 is 1.09 bits per heavy atom. The second-order valence-electron chi connectivity index (χ2n) is 8.73. The monoisotopic (exact) mass is 461 g/mol. The van der Waals surface area contributed by atoms with Gasteiger partial charge >= 0.3 is 0 Å². The number of aromatic nitrogens is 5. The second-order valence-corrected chi connectivity index (χ2v) is 8.73. The summed E-state index contributed by atoms with van der Waals surface area (Å²) in [6.45, 7) is 0.472. The van der Waals surface area contributed by atoms with Crippen molar-refractivity contribution in [3.63, 3.8) is 0 Å². The van der Waals surface area contributed by atoms with Gasteiger partial charge in [-0.3, -0.25) is 9.48 Å². The summed E-state index contributed by atoms with van der Waals surface area (Å²) in [4.78, 5) is 17.6. The number of pyridine rings is 1. The zero-order valence-electron chi connectivity index (χ0n) is 18.4. The summed E-state index contributed by atoms with van der Waals surface area (Å²) >= 11 is 0. The van der Waals surface area contributed by atoms with Crippen LogP contribution in [0.25, 0.3) is 27.6 Å². The van der Waals surface area contributed by atoms with Crippen LogP contribution in [0.15, 0.2) is 53.7 Å². The molecule has 4 heterocycles. The van der Waals surface area contributed by atoms with Gasteiger partial charge in [0.1, 0.15) is 17.7 Å². The van der Waals surface area contributed by atoms with E-state index in [-0.39, 0.29) is 22.9 Å². The highest BCUT2D eigenvalue weighted by atomic mass is 19.1. The molecule has 0 spiro atoms. The van der Waals surface area contributed by atoms with E-state index in [9.17, 15) is 13.6 Å². The number of halogens is 2. The Kier molecular flexibility index (Phi) is 4.88. The quantitative estimate of drug-likeness (QED) is 0.452. The summed E-state index contributed by atoms with van der Waals surface area (Å²) in [5, 5.41) is 9.31. The average Bonchev–Trinajstić information content (AvgIpc) is 3.57. The molecule has 7 nitrogen and oxygen atoms in total. The molecule has 1 aliphatic carbocycles. The number of aryl methyl sites for hydroxylation is 1. The van der Waals surface area contributed by atoms with Gasteiger partial charge in [0.25, 0.3) is 5.56 Å². The highest BCUT2D eigenvalue weighted by Crippen LogP contribution is 2.37. The molecule has 0 N–H and O–H groups in total. The maximum Gasteiger partial charge on any atom is 0.274 e. The number of nitrogens with zero attached hydrogens (tertiary/aromatic N) is 5. The van der Waals surface area contributed by atoms with Crippen LogP contribution in [0.2, 0.25) is 0 Å². The van der Waals surface area contributed by atoms with E-state index in [0.29, 0.717) is 35.5 Å². The molecule has 1 aromatic carbocycles. The normalized spacial score (nSPS) is 18.3. The van der Waals surface area contributed by atoms with Crippen LogP contribution in [0.4, 0.5) is 8.78 Å². The topological polar surface area (TPSA) is 74.8 Å². The van der Waals surface area contributed by atoms with Gasteiger partial charge in [-0.2, -0.15) is 10.2 Å². The third-order valence-electron chi connectivity index (χ3n) is 6.35. The lowest BCUT2D eigenvalue weighted by atomic mass is 9.98. The van der Waals surface area contributed by atoms with Crippen molar-refractivity contribution in [1.29, 1.82) is 0 Å². The molecule has 3 aromatic heterocycles. The van der Waals surface area contributed by atoms with E-state index in [0.717, 1.165) is 30.0 Å². The molecule has 4 aromatic rings. The molecule has 1 aliphatic heterocycles. The minimum Gasteiger partial charge on any atom is -0.369 e. The van der Waals surface area contributed by atoms with Crippen LogP contribution in [0.3, 0.4) is 0 Å². The number of rotatable bonds is 4. The van der Waals surface area contributed by atoms with Crippen LogP contribution < -0.4 is 5.56 Å². The Labute approximate surface area is 193 Å². The molecule has 0 unspecified atom stereocenters. The number of hydrogen-bond donors (Lipinski definition) is 0. The van der Waals surface area contributed by atoms with Gasteiger partial charge in [-0.25, -0.2) is 18.4 Å². The SMILES string of the molecule is Cn1ncc2c(-c3ccc(F)cc3F)nc(C3=C[C@H](c4cnn(C5CC5)c4)OCC3)cc2c1=O. The number of fused-ring (bicyclic) bond motifs is 1. The summed E-state index contributed by atoms with van der Waals surface area (Å²) in [5.74, 6) is -1.43. The summed E-state index contributed by atoms with van der Waals surface area (Å²) in [6, 6.07) is 5.51. The molecule has 0 amide bonds. The maximum absolute atomic E-state index is 14.7. The fourth-order valence-electron chi connectivity index (χ4n) is 4.34. The van der Waals surface area contributed by atoms with Crippen molar-refractivity contribution in [3.05, 3.63) is 82.2 Å². The molecule has 1 fully saturated rings. The average molecular weight is 461 g/mol. The van der Waals surface area contributed by atoms with Gasteiger partial charge in [-0.1, -0.05) is 0 Å². The molecule has 2 aliphatic rings. The van der Waals surface area contributed by atoms with E-state index < -0.39 is 11.6 Å². The lowest BCUT2D eigenvalue weighted by molar-refractivity contribution is 0.0826. The molecule has 0 saturated heterocycles. The van der Waals surface area contributed by atoms with E-state index in [1.54, 1.807) is 13.1 Å². The Balaban J connectivity index is 1.50. The smallest absolute Gasteiger partial charge is 0.274 e. The molecule has 172 valence electrons. The second kappa shape index (κ2) is 7.95. The summed E-state index contributed by atoms with van der Waals surface area (Å²) in [6.07, 6.45) is 9.86. The van der Waals surface area contributed by atoms with Crippen molar-refractivity contribution in [2.75, 3.05) is 6.61 Å². The number of hydrogen-bond acceptors (Lipinski definition) is 5. The summed E-state index contributed by atoms with van der Waals surface area (Å²) in [7, 11) is 1.56. The fourth-order valence-corrected chi connectivity index (χ4v) is 4.34. The minimum absolute atomic E-state index is 0.109. The van der Waals surface area contributed by atoms with E-state index in [4.69, 9.17) is 9.72 Å². The Bertz CT molecular complexity index is 1520. The molecule has 9 heteroatoms. The standard InChI is InChI=1S/C25H21F2N5O2/c1-31-25(33)19-10-22(30-24(20(19)12-28-31)18-5-2-16(26)9-21(18)27)14-6-7-34-23(8-14)15-11-29-32(13-15)17-3-4-17/h2,5,8-13,17,23H,3-4,6-7H2,1H3/t23-/m1/s1. The Morgan fingerprint density at radius 2 is 1.94 bits per heavy atom. The third kappa shape index (κ3) is 3.62. The van der Waals surface area contributed by atoms with Gasteiger partial charge in [0.05, 0.1) is 41.8 Å². The van der Waals surface area contributed by atoms with E-state index in [1.807, 2.05) is 23.2 Å². The first-order chi connectivity index (χ1) is 16.5. The van der Waals surface area contributed by atoms with Crippen molar-refractivity contribution < 1.29 is 13.5 Å². The summed E-state index contributed by atoms with van der Waals surface area (Å²) < 4.78 is 37.5. The van der Waals surface area contributed by atoms with E-state index >= 15 is 0 Å². The predicted molar refractivity (Wildman–Crippen MR) is 122 cm³/mol. The number of ether oxygens (including phenoxy) is 1. The summed E-state index contributed by atoms with van der Waals surface area (Å²) in [5.41, 5.74) is 2.44. The molecular formula is C25H21F2N5O2. The van der Waals surface area contributed by atoms with Gasteiger partial charge < -0.3 is 4.74 Å². The molecule has 6 rings (SSSR count). The van der Waals surface area contributed by atoms with Crippen LogP contribution in [-0.2, 0) is 11.8 Å². The van der Waals surface area contributed by atoms with Gasteiger partial charge in [0.15, 0.2) is 0 Å². The van der Waals surface area contributed by atoms with Crippen molar-refractivity contribution >= 4 is 16.3 Å². The zero-order chi connectivity index (χ0) is 23.4. The van der Waals surface area contributed by atoms with Crippen LogP contribution in [0.5, 0.6) is 0 Å². The van der Waals surface area contributed by atoms with Crippen molar-refractivity contribution in [1.82, 2.24) is 24.5 Å². The lowest BCUT2D eigenvalue weighted by Crippen LogP contribution is -2.20. The first kappa shape index (κ1) is 20.9. The maximum atomic E-state index is 14.7.